The van der Waals surface area contributed by atoms with E-state index in [9.17, 15) is 4.79 Å². The summed E-state index contributed by atoms with van der Waals surface area (Å²) in [7, 11) is 1.64. The number of carbonyl (C=O) groups is 1. The number of methoxy groups -OCH3 is 1. The highest BCUT2D eigenvalue weighted by atomic mass is 16.5. The molecular weight excluding hydrogens is 240 g/mol. The topological polar surface area (TPSA) is 64.3 Å². The number of ether oxygens (including phenoxy) is 1. The fourth-order valence-electron chi connectivity index (χ4n) is 2.05. The monoisotopic (exact) mass is 264 g/mol. The Labute approximate surface area is 115 Å². The lowest BCUT2D eigenvalue weighted by molar-refractivity contribution is 0.0895. The summed E-state index contributed by atoms with van der Waals surface area (Å²) in [6.45, 7) is 5.03. The summed E-state index contributed by atoms with van der Waals surface area (Å²) < 4.78 is 5.08. The Morgan fingerprint density at radius 3 is 2.58 bits per heavy atom. The van der Waals surface area contributed by atoms with Crippen molar-refractivity contribution in [3.63, 3.8) is 0 Å². The maximum atomic E-state index is 12.3. The van der Waals surface area contributed by atoms with Crippen molar-refractivity contribution in [2.45, 2.75) is 38.8 Å². The maximum Gasteiger partial charge on any atom is 0.251 e. The van der Waals surface area contributed by atoms with Gasteiger partial charge in [0.15, 0.2) is 0 Å². The lowest BCUT2D eigenvalue weighted by atomic mass is 9.92. The van der Waals surface area contributed by atoms with Crippen LogP contribution in [0.2, 0.25) is 0 Å². The fourth-order valence-corrected chi connectivity index (χ4v) is 2.05. The number of hydrogen-bond donors (Lipinski definition) is 2. The molecule has 0 aliphatic carbocycles. The second kappa shape index (κ2) is 7.26. The van der Waals surface area contributed by atoms with Crippen molar-refractivity contribution in [3.8, 4) is 0 Å². The highest BCUT2D eigenvalue weighted by Gasteiger charge is 2.26. The standard InChI is InChI=1S/C15H24N2O2/c1-4-15(5-2,11-16)17-14(18)13-8-6-7-12(9-13)10-19-3/h6-9H,4-5,10-11,16H2,1-3H3,(H,17,18). The van der Waals surface area contributed by atoms with E-state index in [2.05, 4.69) is 5.32 Å². The molecule has 0 fully saturated rings. The van der Waals surface area contributed by atoms with Crippen LogP contribution in [0.4, 0.5) is 0 Å². The van der Waals surface area contributed by atoms with Gasteiger partial charge in [-0.2, -0.15) is 0 Å². The van der Waals surface area contributed by atoms with Gasteiger partial charge < -0.3 is 15.8 Å². The first-order chi connectivity index (χ1) is 9.10. The van der Waals surface area contributed by atoms with Crippen molar-refractivity contribution >= 4 is 5.91 Å². The quantitative estimate of drug-likeness (QED) is 0.792. The van der Waals surface area contributed by atoms with E-state index in [1.165, 1.54) is 0 Å². The van der Waals surface area contributed by atoms with Crippen LogP contribution in [0.5, 0.6) is 0 Å². The van der Waals surface area contributed by atoms with E-state index in [1.54, 1.807) is 13.2 Å². The highest BCUT2D eigenvalue weighted by molar-refractivity contribution is 5.94. The molecule has 3 N–H and O–H groups in total. The summed E-state index contributed by atoms with van der Waals surface area (Å²) in [5, 5.41) is 3.06. The van der Waals surface area contributed by atoms with Gasteiger partial charge in [-0.3, -0.25) is 4.79 Å². The molecule has 106 valence electrons. The van der Waals surface area contributed by atoms with Gasteiger partial charge in [0.05, 0.1) is 12.1 Å². The molecule has 4 nitrogen and oxygen atoms in total. The van der Waals surface area contributed by atoms with Crippen LogP contribution in [0.25, 0.3) is 0 Å². The van der Waals surface area contributed by atoms with Crippen LogP contribution in [0, 0.1) is 0 Å². The van der Waals surface area contributed by atoms with Crippen molar-refractivity contribution in [1.82, 2.24) is 5.32 Å². The molecule has 0 heterocycles. The zero-order valence-corrected chi connectivity index (χ0v) is 12.0. The predicted octanol–water partition coefficient (Wildman–Crippen LogP) is 2.08. The predicted molar refractivity (Wildman–Crippen MR) is 77.0 cm³/mol. The van der Waals surface area contributed by atoms with Gasteiger partial charge in [-0.15, -0.1) is 0 Å². The smallest absolute Gasteiger partial charge is 0.251 e. The van der Waals surface area contributed by atoms with Gasteiger partial charge in [-0.1, -0.05) is 26.0 Å². The molecule has 0 saturated carbocycles. The average molecular weight is 264 g/mol. The van der Waals surface area contributed by atoms with E-state index in [4.69, 9.17) is 10.5 Å². The van der Waals surface area contributed by atoms with E-state index >= 15 is 0 Å². The van der Waals surface area contributed by atoms with E-state index in [0.29, 0.717) is 18.7 Å². The Balaban J connectivity index is 2.85. The number of carbonyl (C=O) groups excluding carboxylic acids is 1. The van der Waals surface area contributed by atoms with Gasteiger partial charge in [0.25, 0.3) is 5.91 Å². The molecule has 0 aliphatic rings. The minimum Gasteiger partial charge on any atom is -0.380 e. The first-order valence-electron chi connectivity index (χ1n) is 6.71. The van der Waals surface area contributed by atoms with Crippen LogP contribution in [0.3, 0.4) is 0 Å². The van der Waals surface area contributed by atoms with Gasteiger partial charge in [0.2, 0.25) is 0 Å². The number of hydrogen-bond acceptors (Lipinski definition) is 3. The van der Waals surface area contributed by atoms with E-state index in [1.807, 2.05) is 32.0 Å². The van der Waals surface area contributed by atoms with Crippen LogP contribution >= 0.6 is 0 Å². The molecule has 0 atom stereocenters. The molecule has 1 amide bonds. The molecule has 0 saturated heterocycles. The second-order valence-electron chi connectivity index (χ2n) is 4.78. The van der Waals surface area contributed by atoms with Gasteiger partial charge in [0.1, 0.15) is 0 Å². The molecule has 0 aliphatic heterocycles. The number of amides is 1. The largest absolute Gasteiger partial charge is 0.380 e. The van der Waals surface area contributed by atoms with Crippen LogP contribution < -0.4 is 11.1 Å². The van der Waals surface area contributed by atoms with Crippen molar-refractivity contribution in [2.24, 2.45) is 5.73 Å². The Morgan fingerprint density at radius 1 is 1.37 bits per heavy atom. The summed E-state index contributed by atoms with van der Waals surface area (Å²) in [6, 6.07) is 7.47. The van der Waals surface area contributed by atoms with Gasteiger partial charge in [-0.05, 0) is 30.5 Å². The average Bonchev–Trinajstić information content (AvgIpc) is 2.45. The van der Waals surface area contributed by atoms with Crippen molar-refractivity contribution in [2.75, 3.05) is 13.7 Å². The first-order valence-corrected chi connectivity index (χ1v) is 6.71. The number of nitrogens with two attached hydrogens (primary N) is 1. The van der Waals surface area contributed by atoms with E-state index in [-0.39, 0.29) is 11.4 Å². The van der Waals surface area contributed by atoms with Crippen molar-refractivity contribution in [1.29, 1.82) is 0 Å². The number of nitrogens with one attached hydrogen (secondary N) is 1. The minimum absolute atomic E-state index is 0.0768. The lowest BCUT2D eigenvalue weighted by Crippen LogP contribution is -2.52. The van der Waals surface area contributed by atoms with Crippen LogP contribution in [-0.4, -0.2) is 25.1 Å². The highest BCUT2D eigenvalue weighted by Crippen LogP contribution is 2.15. The van der Waals surface area contributed by atoms with Crippen molar-refractivity contribution in [3.05, 3.63) is 35.4 Å². The summed E-state index contributed by atoms with van der Waals surface area (Å²) in [5.74, 6) is -0.0768. The minimum atomic E-state index is -0.311. The molecule has 1 rings (SSSR count). The molecule has 0 bridgehead atoms. The molecule has 0 unspecified atom stereocenters. The summed E-state index contributed by atoms with van der Waals surface area (Å²) in [5.41, 5.74) is 7.12. The maximum absolute atomic E-state index is 12.3. The molecule has 0 spiro atoms. The third-order valence-corrected chi connectivity index (χ3v) is 3.62. The molecule has 19 heavy (non-hydrogen) atoms. The van der Waals surface area contributed by atoms with Crippen molar-refractivity contribution < 1.29 is 9.53 Å². The van der Waals surface area contributed by atoms with Gasteiger partial charge in [-0.25, -0.2) is 0 Å². The Kier molecular flexibility index (Phi) is 5.99. The second-order valence-corrected chi connectivity index (χ2v) is 4.78. The zero-order valence-electron chi connectivity index (χ0n) is 12.0. The molecule has 1 aromatic rings. The lowest BCUT2D eigenvalue weighted by Gasteiger charge is -2.31. The van der Waals surface area contributed by atoms with Gasteiger partial charge in [0, 0.05) is 19.2 Å². The molecule has 0 radical (unpaired) electrons. The number of rotatable bonds is 7. The summed E-state index contributed by atoms with van der Waals surface area (Å²) in [6.07, 6.45) is 1.65. The third-order valence-electron chi connectivity index (χ3n) is 3.62. The van der Waals surface area contributed by atoms with Crippen LogP contribution in [0.1, 0.15) is 42.6 Å². The Bertz CT molecular complexity index is 406. The van der Waals surface area contributed by atoms with Crippen LogP contribution in [0.15, 0.2) is 24.3 Å². The molecular formula is C15H24N2O2. The fraction of sp³-hybridized carbons (Fsp3) is 0.533. The van der Waals surface area contributed by atoms with E-state index in [0.717, 1.165) is 18.4 Å². The first kappa shape index (κ1) is 15.7. The SMILES string of the molecule is CCC(CC)(CN)NC(=O)c1cccc(COC)c1. The van der Waals surface area contributed by atoms with Crippen LogP contribution in [-0.2, 0) is 11.3 Å². The summed E-state index contributed by atoms with van der Waals surface area (Å²) >= 11 is 0. The molecule has 4 heteroatoms. The molecule has 1 aromatic carbocycles. The zero-order chi connectivity index (χ0) is 14.3. The third kappa shape index (κ3) is 4.04. The van der Waals surface area contributed by atoms with Gasteiger partial charge >= 0.3 is 0 Å². The summed E-state index contributed by atoms with van der Waals surface area (Å²) in [4.78, 5) is 12.3. The number of benzene rings is 1. The Morgan fingerprint density at radius 2 is 2.05 bits per heavy atom. The Hall–Kier alpha value is -1.39. The molecule has 0 aromatic heterocycles. The normalized spacial score (nSPS) is 11.4. The van der Waals surface area contributed by atoms with E-state index < -0.39 is 0 Å².